The van der Waals surface area contributed by atoms with E-state index in [2.05, 4.69) is 10.6 Å². The fourth-order valence-corrected chi connectivity index (χ4v) is 3.49. The van der Waals surface area contributed by atoms with E-state index in [0.717, 1.165) is 35.7 Å². The summed E-state index contributed by atoms with van der Waals surface area (Å²) >= 11 is 3.15. The third-order valence-corrected chi connectivity index (χ3v) is 4.55. The molecule has 0 radical (unpaired) electrons. The number of carbonyl (C=O) groups excluding carboxylic acids is 1. The first-order valence-electron chi connectivity index (χ1n) is 5.44. The maximum Gasteiger partial charge on any atom is 0.262 e. The SMILES string of the molecule is CSc1ccsc1C(=O)NC1CCNCC1.Cl. The zero-order chi connectivity index (χ0) is 11.4. The normalized spacial score (nSPS) is 16.3. The van der Waals surface area contributed by atoms with Gasteiger partial charge >= 0.3 is 0 Å². The summed E-state index contributed by atoms with van der Waals surface area (Å²) in [5.74, 6) is 0.0891. The summed E-state index contributed by atoms with van der Waals surface area (Å²) in [5, 5.41) is 8.38. The number of thiophene rings is 1. The van der Waals surface area contributed by atoms with Gasteiger partial charge in [0, 0.05) is 10.9 Å². The van der Waals surface area contributed by atoms with Crippen LogP contribution in [0, 0.1) is 0 Å². The van der Waals surface area contributed by atoms with Crippen molar-refractivity contribution < 1.29 is 4.79 Å². The van der Waals surface area contributed by atoms with E-state index >= 15 is 0 Å². The molecule has 6 heteroatoms. The Balaban J connectivity index is 0.00000144. The Kier molecular flexibility index (Phi) is 6.33. The second kappa shape index (κ2) is 7.26. The van der Waals surface area contributed by atoms with Crippen molar-refractivity contribution in [3.8, 4) is 0 Å². The minimum Gasteiger partial charge on any atom is -0.348 e. The van der Waals surface area contributed by atoms with E-state index in [9.17, 15) is 4.79 Å². The van der Waals surface area contributed by atoms with Crippen LogP contribution in [0.3, 0.4) is 0 Å². The Labute approximate surface area is 116 Å². The van der Waals surface area contributed by atoms with E-state index in [0.29, 0.717) is 6.04 Å². The Hall–Kier alpha value is -0.230. The molecule has 0 atom stereocenters. The largest absolute Gasteiger partial charge is 0.348 e. The number of amides is 1. The molecule has 1 amide bonds. The molecule has 2 rings (SSSR count). The number of carbonyl (C=O) groups is 1. The fourth-order valence-electron chi connectivity index (χ4n) is 1.84. The van der Waals surface area contributed by atoms with Crippen molar-refractivity contribution in [2.45, 2.75) is 23.8 Å². The Morgan fingerprint density at radius 3 is 2.88 bits per heavy atom. The van der Waals surface area contributed by atoms with Crippen LogP contribution in [0.15, 0.2) is 16.3 Å². The van der Waals surface area contributed by atoms with Crippen LogP contribution in [0.25, 0.3) is 0 Å². The van der Waals surface area contributed by atoms with E-state index in [4.69, 9.17) is 0 Å². The van der Waals surface area contributed by atoms with Gasteiger partial charge in [-0.05, 0) is 43.6 Å². The molecular weight excluding hydrogens is 276 g/mol. The molecule has 1 aliphatic heterocycles. The lowest BCUT2D eigenvalue weighted by Crippen LogP contribution is -2.42. The quantitative estimate of drug-likeness (QED) is 0.841. The van der Waals surface area contributed by atoms with Crippen LogP contribution in [-0.2, 0) is 0 Å². The number of nitrogens with one attached hydrogen (secondary N) is 2. The Morgan fingerprint density at radius 2 is 2.24 bits per heavy atom. The zero-order valence-corrected chi connectivity index (χ0v) is 12.1. The first kappa shape index (κ1) is 14.8. The Bertz CT molecular complexity index is 364. The topological polar surface area (TPSA) is 41.1 Å². The second-order valence-electron chi connectivity index (χ2n) is 3.82. The molecular formula is C11H17ClN2OS2. The summed E-state index contributed by atoms with van der Waals surface area (Å²) in [4.78, 5) is 14.0. The van der Waals surface area contributed by atoms with Crippen LogP contribution in [0.4, 0.5) is 0 Å². The standard InChI is InChI=1S/C11H16N2OS2.ClH/c1-15-9-4-7-16-10(9)11(14)13-8-2-5-12-6-3-8;/h4,7-8,12H,2-3,5-6H2,1H3,(H,13,14);1H. The zero-order valence-electron chi connectivity index (χ0n) is 9.69. The van der Waals surface area contributed by atoms with E-state index in [1.165, 1.54) is 11.3 Å². The van der Waals surface area contributed by atoms with E-state index < -0.39 is 0 Å². The van der Waals surface area contributed by atoms with Crippen LogP contribution in [0.5, 0.6) is 0 Å². The number of piperidine rings is 1. The van der Waals surface area contributed by atoms with Gasteiger partial charge in [0.15, 0.2) is 0 Å². The average Bonchev–Trinajstić information content (AvgIpc) is 2.78. The maximum atomic E-state index is 12.0. The third kappa shape index (κ3) is 3.88. The molecule has 17 heavy (non-hydrogen) atoms. The summed E-state index contributed by atoms with van der Waals surface area (Å²) in [6, 6.07) is 2.35. The predicted octanol–water partition coefficient (Wildman–Crippen LogP) is 2.37. The van der Waals surface area contributed by atoms with Crippen LogP contribution in [0.2, 0.25) is 0 Å². The van der Waals surface area contributed by atoms with Gasteiger partial charge in [-0.1, -0.05) is 0 Å². The van der Waals surface area contributed by atoms with Gasteiger partial charge in [-0.15, -0.1) is 35.5 Å². The van der Waals surface area contributed by atoms with E-state index in [-0.39, 0.29) is 18.3 Å². The van der Waals surface area contributed by atoms with Crippen molar-refractivity contribution in [2.75, 3.05) is 19.3 Å². The number of rotatable bonds is 3. The van der Waals surface area contributed by atoms with Crippen molar-refractivity contribution in [1.82, 2.24) is 10.6 Å². The van der Waals surface area contributed by atoms with Crippen molar-refractivity contribution in [3.63, 3.8) is 0 Å². The number of hydrogen-bond donors (Lipinski definition) is 2. The molecule has 0 unspecified atom stereocenters. The molecule has 3 nitrogen and oxygen atoms in total. The minimum absolute atomic E-state index is 0. The van der Waals surface area contributed by atoms with Crippen LogP contribution < -0.4 is 10.6 Å². The summed E-state index contributed by atoms with van der Waals surface area (Å²) < 4.78 is 0. The summed E-state index contributed by atoms with van der Waals surface area (Å²) in [6.07, 6.45) is 4.07. The molecule has 0 aromatic carbocycles. The van der Waals surface area contributed by atoms with E-state index in [1.54, 1.807) is 11.8 Å². The number of thioether (sulfide) groups is 1. The molecule has 0 saturated carbocycles. The van der Waals surface area contributed by atoms with Crippen LogP contribution in [0.1, 0.15) is 22.5 Å². The van der Waals surface area contributed by atoms with Crippen molar-refractivity contribution >= 4 is 41.4 Å². The lowest BCUT2D eigenvalue weighted by atomic mass is 10.1. The monoisotopic (exact) mass is 292 g/mol. The molecule has 0 bridgehead atoms. The highest BCUT2D eigenvalue weighted by Gasteiger charge is 2.18. The second-order valence-corrected chi connectivity index (χ2v) is 5.58. The molecule has 2 heterocycles. The van der Waals surface area contributed by atoms with E-state index in [1.807, 2.05) is 17.7 Å². The van der Waals surface area contributed by atoms with Crippen molar-refractivity contribution in [1.29, 1.82) is 0 Å². The first-order chi connectivity index (χ1) is 7.81. The number of hydrogen-bond acceptors (Lipinski definition) is 4. The van der Waals surface area contributed by atoms with Gasteiger partial charge in [0.1, 0.15) is 4.88 Å². The maximum absolute atomic E-state index is 12.0. The fraction of sp³-hybridized carbons (Fsp3) is 0.545. The third-order valence-electron chi connectivity index (χ3n) is 2.73. The van der Waals surface area contributed by atoms with Crippen LogP contribution >= 0.6 is 35.5 Å². The highest BCUT2D eigenvalue weighted by Crippen LogP contribution is 2.25. The Morgan fingerprint density at radius 1 is 1.53 bits per heavy atom. The summed E-state index contributed by atoms with van der Waals surface area (Å²) in [7, 11) is 0. The molecule has 96 valence electrons. The molecule has 1 saturated heterocycles. The van der Waals surface area contributed by atoms with Gasteiger partial charge in [-0.3, -0.25) is 4.79 Å². The molecule has 0 spiro atoms. The molecule has 0 aliphatic carbocycles. The predicted molar refractivity (Wildman–Crippen MR) is 76.7 cm³/mol. The molecule has 1 fully saturated rings. The highest BCUT2D eigenvalue weighted by molar-refractivity contribution is 7.98. The molecule has 1 aliphatic rings. The lowest BCUT2D eigenvalue weighted by Gasteiger charge is -2.23. The summed E-state index contributed by atoms with van der Waals surface area (Å²) in [6.45, 7) is 2.01. The van der Waals surface area contributed by atoms with Crippen LogP contribution in [-0.4, -0.2) is 31.3 Å². The van der Waals surface area contributed by atoms with Gasteiger partial charge in [-0.25, -0.2) is 0 Å². The first-order valence-corrected chi connectivity index (χ1v) is 7.55. The van der Waals surface area contributed by atoms with Crippen molar-refractivity contribution in [3.05, 3.63) is 16.3 Å². The highest BCUT2D eigenvalue weighted by atomic mass is 35.5. The van der Waals surface area contributed by atoms with Gasteiger partial charge in [0.05, 0.1) is 0 Å². The molecule has 2 N–H and O–H groups in total. The average molecular weight is 293 g/mol. The molecule has 1 aromatic heterocycles. The van der Waals surface area contributed by atoms with Gasteiger partial charge in [0.25, 0.3) is 5.91 Å². The van der Waals surface area contributed by atoms with Gasteiger partial charge < -0.3 is 10.6 Å². The van der Waals surface area contributed by atoms with Gasteiger partial charge in [0.2, 0.25) is 0 Å². The van der Waals surface area contributed by atoms with Gasteiger partial charge in [-0.2, -0.15) is 0 Å². The smallest absolute Gasteiger partial charge is 0.262 e. The lowest BCUT2D eigenvalue weighted by molar-refractivity contribution is 0.0931. The molecule has 1 aromatic rings. The number of halogens is 1. The van der Waals surface area contributed by atoms with Crippen molar-refractivity contribution in [2.24, 2.45) is 0 Å². The minimum atomic E-state index is 0. The summed E-state index contributed by atoms with van der Waals surface area (Å²) in [5.41, 5.74) is 0.